The summed E-state index contributed by atoms with van der Waals surface area (Å²) in [6.07, 6.45) is 1.14. The van der Waals surface area contributed by atoms with Gasteiger partial charge < -0.3 is 0 Å². The first-order valence-corrected chi connectivity index (χ1v) is 4.91. The lowest BCUT2D eigenvalue weighted by Crippen LogP contribution is -1.91. The second-order valence-electron chi connectivity index (χ2n) is 1.46. The summed E-state index contributed by atoms with van der Waals surface area (Å²) in [7, 11) is 0. The van der Waals surface area contributed by atoms with Crippen LogP contribution in [-0.4, -0.2) is 16.1 Å². The molecule has 0 aromatic carbocycles. The maximum atomic E-state index is 4.29. The fraction of sp³-hybridized carbons (Fsp3) is 1.00. The molecule has 0 nitrogen and oxygen atoms in total. The molecule has 0 rings (SSSR count). The molecular formula is C5H12S3. The summed E-state index contributed by atoms with van der Waals surface area (Å²) in [4.78, 5) is 0. The Morgan fingerprint density at radius 2 is 2.25 bits per heavy atom. The van der Waals surface area contributed by atoms with Gasteiger partial charge in [-0.2, -0.15) is 25.3 Å². The van der Waals surface area contributed by atoms with E-state index in [9.17, 15) is 0 Å². The van der Waals surface area contributed by atoms with E-state index in [1.165, 1.54) is 0 Å². The maximum Gasteiger partial charge on any atom is 0.0470 e. The molecule has 0 radical (unpaired) electrons. The number of thioether (sulfide) groups is 1. The van der Waals surface area contributed by atoms with Crippen LogP contribution >= 0.6 is 37.0 Å². The normalized spacial score (nSPS) is 13.9. The lowest BCUT2D eigenvalue weighted by molar-refractivity contribution is 1.06. The first-order chi connectivity index (χ1) is 3.81. The topological polar surface area (TPSA) is 0 Å². The summed E-state index contributed by atoms with van der Waals surface area (Å²) in [5.74, 6) is 2.08. The van der Waals surface area contributed by atoms with E-state index in [1.54, 1.807) is 0 Å². The molecule has 0 aromatic rings. The Labute approximate surface area is 66.6 Å². The van der Waals surface area contributed by atoms with Gasteiger partial charge in [0.2, 0.25) is 0 Å². The van der Waals surface area contributed by atoms with Crippen molar-refractivity contribution in [2.24, 2.45) is 0 Å². The molecule has 0 aliphatic carbocycles. The Balaban J connectivity index is 2.86. The van der Waals surface area contributed by atoms with Crippen molar-refractivity contribution in [3.8, 4) is 0 Å². The third kappa shape index (κ3) is 5.19. The minimum Gasteiger partial charge on any atom is -0.179 e. The molecule has 0 aromatic heterocycles. The van der Waals surface area contributed by atoms with E-state index in [4.69, 9.17) is 0 Å². The summed E-state index contributed by atoms with van der Waals surface area (Å²) in [6.45, 7) is 2.14. The Kier molecular flexibility index (Phi) is 6.98. The summed E-state index contributed by atoms with van der Waals surface area (Å²) in [5, 5.41) is 0. The Bertz CT molecular complexity index is 46.9. The molecule has 0 bridgehead atoms. The first kappa shape index (κ1) is 9.05. The van der Waals surface area contributed by atoms with E-state index in [2.05, 4.69) is 32.2 Å². The number of thiol groups is 2. The van der Waals surface area contributed by atoms with Gasteiger partial charge in [0.1, 0.15) is 0 Å². The molecule has 0 saturated heterocycles. The van der Waals surface area contributed by atoms with E-state index in [0.29, 0.717) is 4.58 Å². The monoisotopic (exact) mass is 168 g/mol. The largest absolute Gasteiger partial charge is 0.179 e. The van der Waals surface area contributed by atoms with Gasteiger partial charge in [0.25, 0.3) is 0 Å². The molecular weight excluding hydrogens is 156 g/mol. The van der Waals surface area contributed by atoms with Gasteiger partial charge in [-0.1, -0.05) is 6.92 Å². The molecule has 1 atom stereocenters. The fourth-order valence-corrected chi connectivity index (χ4v) is 1.55. The van der Waals surface area contributed by atoms with E-state index < -0.39 is 0 Å². The highest BCUT2D eigenvalue weighted by Crippen LogP contribution is 2.17. The smallest absolute Gasteiger partial charge is 0.0470 e. The van der Waals surface area contributed by atoms with Gasteiger partial charge in [0.15, 0.2) is 0 Å². The first-order valence-electron chi connectivity index (χ1n) is 2.71. The average molecular weight is 168 g/mol. The van der Waals surface area contributed by atoms with Gasteiger partial charge >= 0.3 is 0 Å². The highest BCUT2D eigenvalue weighted by Gasteiger charge is 1.96. The van der Waals surface area contributed by atoms with Crippen molar-refractivity contribution in [2.45, 2.75) is 17.9 Å². The Morgan fingerprint density at radius 3 is 2.62 bits per heavy atom. The average Bonchev–Trinajstić information content (AvgIpc) is 1.83. The van der Waals surface area contributed by atoms with Crippen molar-refractivity contribution in [2.75, 3.05) is 11.5 Å². The van der Waals surface area contributed by atoms with Crippen LogP contribution in [-0.2, 0) is 0 Å². The molecule has 0 aliphatic heterocycles. The maximum absolute atomic E-state index is 4.29. The highest BCUT2D eigenvalue weighted by atomic mass is 32.2. The predicted molar refractivity (Wildman–Crippen MR) is 49.4 cm³/mol. The molecule has 0 spiro atoms. The van der Waals surface area contributed by atoms with Gasteiger partial charge in [-0.25, -0.2) is 0 Å². The predicted octanol–water partition coefficient (Wildman–Crippen LogP) is 2.32. The quantitative estimate of drug-likeness (QED) is 0.480. The van der Waals surface area contributed by atoms with E-state index >= 15 is 0 Å². The van der Waals surface area contributed by atoms with Crippen molar-refractivity contribution in [1.82, 2.24) is 0 Å². The summed E-state index contributed by atoms with van der Waals surface area (Å²) in [6, 6.07) is 0. The Morgan fingerprint density at radius 1 is 1.62 bits per heavy atom. The number of hydrogen-bond donors (Lipinski definition) is 2. The lowest BCUT2D eigenvalue weighted by atomic mass is 10.6. The van der Waals surface area contributed by atoms with E-state index in [-0.39, 0.29) is 0 Å². The third-order valence-electron chi connectivity index (χ3n) is 0.751. The molecule has 3 heteroatoms. The molecule has 0 fully saturated rings. The zero-order chi connectivity index (χ0) is 6.41. The molecule has 50 valence electrons. The van der Waals surface area contributed by atoms with Crippen LogP contribution in [0.2, 0.25) is 0 Å². The van der Waals surface area contributed by atoms with Crippen LogP contribution < -0.4 is 0 Å². The van der Waals surface area contributed by atoms with Crippen LogP contribution in [0.3, 0.4) is 0 Å². The fourth-order valence-electron chi connectivity index (χ4n) is 0.307. The van der Waals surface area contributed by atoms with Crippen molar-refractivity contribution in [1.29, 1.82) is 0 Å². The minimum atomic E-state index is 0.516. The summed E-state index contributed by atoms with van der Waals surface area (Å²) < 4.78 is 0.516. The van der Waals surface area contributed by atoms with Crippen LogP contribution in [0.5, 0.6) is 0 Å². The second-order valence-corrected chi connectivity index (χ2v) is 4.19. The van der Waals surface area contributed by atoms with Crippen LogP contribution in [0.15, 0.2) is 0 Å². The van der Waals surface area contributed by atoms with Crippen molar-refractivity contribution in [3.63, 3.8) is 0 Å². The van der Waals surface area contributed by atoms with Crippen LogP contribution in [0.25, 0.3) is 0 Å². The van der Waals surface area contributed by atoms with Gasteiger partial charge in [-0.05, 0) is 12.2 Å². The molecule has 0 saturated carbocycles. The molecule has 0 aliphatic rings. The molecule has 0 N–H and O–H groups in total. The standard InChI is InChI=1S/C5H12S3/c1-2-5(7)8-4-3-6/h5-7H,2-4H2,1H3. The summed E-state index contributed by atoms with van der Waals surface area (Å²) in [5.41, 5.74) is 0. The second kappa shape index (κ2) is 6.17. The highest BCUT2D eigenvalue weighted by molar-refractivity contribution is 8.10. The van der Waals surface area contributed by atoms with Gasteiger partial charge in [0, 0.05) is 10.3 Å². The lowest BCUT2D eigenvalue weighted by Gasteiger charge is -2.03. The number of hydrogen-bond acceptors (Lipinski definition) is 3. The van der Waals surface area contributed by atoms with E-state index in [0.717, 1.165) is 17.9 Å². The van der Waals surface area contributed by atoms with Gasteiger partial charge in [0.05, 0.1) is 0 Å². The van der Waals surface area contributed by atoms with Crippen LogP contribution in [0, 0.1) is 0 Å². The van der Waals surface area contributed by atoms with Crippen molar-refractivity contribution < 1.29 is 0 Å². The SMILES string of the molecule is CCC(S)SCCS. The van der Waals surface area contributed by atoms with Crippen LogP contribution in [0.1, 0.15) is 13.3 Å². The van der Waals surface area contributed by atoms with Crippen molar-refractivity contribution in [3.05, 3.63) is 0 Å². The minimum absolute atomic E-state index is 0.516. The zero-order valence-electron chi connectivity index (χ0n) is 5.00. The Hall–Kier alpha value is 1.05. The van der Waals surface area contributed by atoms with Crippen LogP contribution in [0.4, 0.5) is 0 Å². The molecule has 8 heavy (non-hydrogen) atoms. The molecule has 1 unspecified atom stereocenters. The molecule has 0 heterocycles. The molecule has 0 amide bonds. The number of rotatable bonds is 4. The summed E-state index contributed by atoms with van der Waals surface area (Å²) >= 11 is 10.2. The zero-order valence-corrected chi connectivity index (χ0v) is 7.61. The van der Waals surface area contributed by atoms with E-state index in [1.807, 2.05) is 11.8 Å². The third-order valence-corrected chi connectivity index (χ3v) is 3.25. The van der Waals surface area contributed by atoms with Gasteiger partial charge in [-0.3, -0.25) is 0 Å². The van der Waals surface area contributed by atoms with Gasteiger partial charge in [-0.15, -0.1) is 11.8 Å². The van der Waals surface area contributed by atoms with Crippen molar-refractivity contribution >= 4 is 37.0 Å².